The van der Waals surface area contributed by atoms with Crippen molar-refractivity contribution >= 4 is 5.91 Å². The molecule has 19 heavy (non-hydrogen) atoms. The lowest BCUT2D eigenvalue weighted by molar-refractivity contribution is -0.139. The van der Waals surface area contributed by atoms with Gasteiger partial charge in [-0.2, -0.15) is 0 Å². The van der Waals surface area contributed by atoms with Gasteiger partial charge in [0.1, 0.15) is 0 Å². The first kappa shape index (κ1) is 13.4. The fraction of sp³-hybridized carbons (Fsp3) is 0.933. The van der Waals surface area contributed by atoms with E-state index in [1.807, 2.05) is 0 Å². The van der Waals surface area contributed by atoms with Crippen LogP contribution in [-0.2, 0) is 4.79 Å². The van der Waals surface area contributed by atoms with Gasteiger partial charge >= 0.3 is 0 Å². The molecule has 4 heteroatoms. The molecule has 2 unspecified atom stereocenters. The molecular weight excluding hydrogens is 238 g/mol. The van der Waals surface area contributed by atoms with Crippen LogP contribution in [0.4, 0.5) is 0 Å². The Hall–Kier alpha value is -0.610. The maximum atomic E-state index is 12.7. The van der Waals surface area contributed by atoms with Gasteiger partial charge in [-0.1, -0.05) is 6.42 Å². The van der Waals surface area contributed by atoms with E-state index in [4.69, 9.17) is 5.73 Å². The van der Waals surface area contributed by atoms with Crippen LogP contribution in [0.25, 0.3) is 0 Å². The van der Waals surface area contributed by atoms with Crippen LogP contribution in [-0.4, -0.2) is 42.5 Å². The first-order valence-corrected chi connectivity index (χ1v) is 7.93. The number of nitrogens with zero attached hydrogens (tertiary/aromatic N) is 1. The minimum absolute atomic E-state index is 0.250. The van der Waals surface area contributed by atoms with E-state index in [-0.39, 0.29) is 5.92 Å². The molecule has 3 N–H and O–H groups in total. The molecule has 0 aromatic rings. The number of carbonyl (C=O) groups is 1. The number of nitrogens with two attached hydrogens (primary N) is 1. The van der Waals surface area contributed by atoms with Gasteiger partial charge in [-0.05, 0) is 44.4 Å². The maximum Gasteiger partial charge on any atom is 0.225 e. The van der Waals surface area contributed by atoms with Crippen molar-refractivity contribution in [3.63, 3.8) is 0 Å². The molecule has 0 aromatic carbocycles. The topological polar surface area (TPSA) is 58.4 Å². The maximum absolute atomic E-state index is 12.7. The number of hydrogen-bond acceptors (Lipinski definition) is 3. The van der Waals surface area contributed by atoms with Crippen molar-refractivity contribution in [2.75, 3.05) is 19.6 Å². The molecule has 1 amide bonds. The standard InChI is InChI=1S/C15H27N3O/c1-10-9-18(6-5-17-10)15(19)13-7-11-3-2-4-12(8-13)14(11)16/h10-14,17H,2-9,16H2,1H3/t10-,11?,12?,13?,14?/m0/s1. The normalized spacial score (nSPS) is 43.1. The third kappa shape index (κ3) is 2.65. The highest BCUT2D eigenvalue weighted by Gasteiger charge is 2.41. The van der Waals surface area contributed by atoms with Gasteiger partial charge in [-0.25, -0.2) is 0 Å². The van der Waals surface area contributed by atoms with E-state index in [0.717, 1.165) is 32.5 Å². The minimum Gasteiger partial charge on any atom is -0.340 e. The summed E-state index contributed by atoms with van der Waals surface area (Å²) in [7, 11) is 0. The molecule has 0 aromatic heterocycles. The number of carbonyl (C=O) groups excluding carboxylic acids is 1. The van der Waals surface area contributed by atoms with Crippen LogP contribution in [0, 0.1) is 17.8 Å². The second-order valence-electron chi connectivity index (χ2n) is 6.84. The molecule has 2 saturated carbocycles. The van der Waals surface area contributed by atoms with Crippen molar-refractivity contribution in [3.05, 3.63) is 0 Å². The first-order chi connectivity index (χ1) is 9.15. The molecule has 1 aliphatic heterocycles. The molecule has 108 valence electrons. The van der Waals surface area contributed by atoms with E-state index in [2.05, 4.69) is 17.1 Å². The molecule has 3 rings (SSSR count). The van der Waals surface area contributed by atoms with Crippen LogP contribution in [0.3, 0.4) is 0 Å². The zero-order valence-corrected chi connectivity index (χ0v) is 12.0. The summed E-state index contributed by atoms with van der Waals surface area (Å²) in [5, 5.41) is 3.40. The summed E-state index contributed by atoms with van der Waals surface area (Å²) in [6.45, 7) is 4.84. The Bertz CT molecular complexity index is 332. The van der Waals surface area contributed by atoms with Gasteiger partial charge in [-0.3, -0.25) is 4.79 Å². The summed E-state index contributed by atoms with van der Waals surface area (Å²) in [5.41, 5.74) is 6.31. The number of piperazine rings is 1. The van der Waals surface area contributed by atoms with Crippen molar-refractivity contribution in [1.29, 1.82) is 0 Å². The highest BCUT2D eigenvalue weighted by molar-refractivity contribution is 5.79. The zero-order chi connectivity index (χ0) is 13.4. The molecule has 1 heterocycles. The Morgan fingerprint density at radius 1 is 1.26 bits per heavy atom. The van der Waals surface area contributed by atoms with E-state index in [1.165, 1.54) is 19.3 Å². The van der Waals surface area contributed by atoms with Crippen molar-refractivity contribution in [1.82, 2.24) is 10.2 Å². The number of hydrogen-bond donors (Lipinski definition) is 2. The lowest BCUT2D eigenvalue weighted by Gasteiger charge is -2.45. The molecule has 1 saturated heterocycles. The average molecular weight is 265 g/mol. The smallest absolute Gasteiger partial charge is 0.225 e. The van der Waals surface area contributed by atoms with Crippen molar-refractivity contribution in [2.24, 2.45) is 23.5 Å². The Morgan fingerprint density at radius 2 is 1.95 bits per heavy atom. The largest absolute Gasteiger partial charge is 0.340 e. The summed E-state index contributed by atoms with van der Waals surface area (Å²) < 4.78 is 0. The Balaban J connectivity index is 1.64. The van der Waals surface area contributed by atoms with Gasteiger partial charge in [0.2, 0.25) is 5.91 Å². The van der Waals surface area contributed by atoms with E-state index in [1.54, 1.807) is 0 Å². The van der Waals surface area contributed by atoms with Crippen LogP contribution in [0.1, 0.15) is 39.0 Å². The second-order valence-corrected chi connectivity index (χ2v) is 6.84. The Labute approximate surface area is 116 Å². The molecule has 2 bridgehead atoms. The van der Waals surface area contributed by atoms with Crippen molar-refractivity contribution in [3.8, 4) is 0 Å². The van der Waals surface area contributed by atoms with Gasteiger partial charge in [0.15, 0.2) is 0 Å². The van der Waals surface area contributed by atoms with Crippen LogP contribution in [0.2, 0.25) is 0 Å². The molecule has 2 aliphatic carbocycles. The zero-order valence-electron chi connectivity index (χ0n) is 12.0. The predicted octanol–water partition coefficient (Wildman–Crippen LogP) is 0.960. The highest BCUT2D eigenvalue weighted by atomic mass is 16.2. The van der Waals surface area contributed by atoms with Gasteiger partial charge < -0.3 is 16.0 Å². The predicted molar refractivity (Wildman–Crippen MR) is 75.6 cm³/mol. The molecule has 3 aliphatic rings. The SMILES string of the molecule is C[C@H]1CN(C(=O)C2CC3CCCC(C2)C3N)CCN1. The van der Waals surface area contributed by atoms with Gasteiger partial charge in [0.25, 0.3) is 0 Å². The second kappa shape index (κ2) is 5.41. The highest BCUT2D eigenvalue weighted by Crippen LogP contribution is 2.42. The van der Waals surface area contributed by atoms with Crippen LogP contribution >= 0.6 is 0 Å². The number of nitrogens with one attached hydrogen (secondary N) is 1. The van der Waals surface area contributed by atoms with Gasteiger partial charge in [0, 0.05) is 37.6 Å². The van der Waals surface area contributed by atoms with Crippen LogP contribution in [0.15, 0.2) is 0 Å². The molecule has 3 fully saturated rings. The van der Waals surface area contributed by atoms with E-state index in [9.17, 15) is 4.79 Å². The summed E-state index contributed by atoms with van der Waals surface area (Å²) in [6.07, 6.45) is 5.86. The number of amides is 1. The summed E-state index contributed by atoms with van der Waals surface area (Å²) >= 11 is 0. The van der Waals surface area contributed by atoms with E-state index in [0.29, 0.717) is 29.8 Å². The molecule has 4 nitrogen and oxygen atoms in total. The number of rotatable bonds is 1. The lowest BCUT2D eigenvalue weighted by atomic mass is 9.65. The van der Waals surface area contributed by atoms with Crippen LogP contribution in [0.5, 0.6) is 0 Å². The molecular formula is C15H27N3O. The first-order valence-electron chi connectivity index (χ1n) is 7.93. The number of fused-ring (bicyclic) bond motifs is 2. The molecule has 0 spiro atoms. The van der Waals surface area contributed by atoms with Gasteiger partial charge in [0.05, 0.1) is 0 Å². The fourth-order valence-corrected chi connectivity index (χ4v) is 4.38. The minimum atomic E-state index is 0.250. The average Bonchev–Trinajstić information content (AvgIpc) is 2.37. The van der Waals surface area contributed by atoms with E-state index >= 15 is 0 Å². The lowest BCUT2D eigenvalue weighted by Crippen LogP contribution is -2.55. The Morgan fingerprint density at radius 3 is 2.58 bits per heavy atom. The summed E-state index contributed by atoms with van der Waals surface area (Å²) in [4.78, 5) is 14.8. The van der Waals surface area contributed by atoms with Crippen molar-refractivity contribution < 1.29 is 4.79 Å². The van der Waals surface area contributed by atoms with Crippen molar-refractivity contribution in [2.45, 2.75) is 51.1 Å². The third-order valence-electron chi connectivity index (χ3n) is 5.44. The molecule has 0 radical (unpaired) electrons. The fourth-order valence-electron chi connectivity index (χ4n) is 4.38. The summed E-state index contributed by atoms with van der Waals surface area (Å²) in [5.74, 6) is 1.85. The van der Waals surface area contributed by atoms with E-state index < -0.39 is 0 Å². The van der Waals surface area contributed by atoms with Gasteiger partial charge in [-0.15, -0.1) is 0 Å². The third-order valence-corrected chi connectivity index (χ3v) is 5.44. The summed E-state index contributed by atoms with van der Waals surface area (Å²) in [6, 6.07) is 0.794. The Kier molecular flexibility index (Phi) is 3.81. The quantitative estimate of drug-likeness (QED) is 0.742. The van der Waals surface area contributed by atoms with Crippen LogP contribution < -0.4 is 11.1 Å². The molecule has 3 atom stereocenters. The monoisotopic (exact) mass is 265 g/mol.